The first-order valence-electron chi connectivity index (χ1n) is 18.0. The van der Waals surface area contributed by atoms with E-state index < -0.39 is 5.41 Å². The second-order valence-corrected chi connectivity index (χ2v) is 13.6. The highest BCUT2D eigenvalue weighted by molar-refractivity contribution is 5.93. The highest BCUT2D eigenvalue weighted by atomic mass is 15.1. The van der Waals surface area contributed by atoms with Gasteiger partial charge in [0.2, 0.25) is 0 Å². The van der Waals surface area contributed by atoms with Gasteiger partial charge in [0.15, 0.2) is 5.82 Å². The van der Waals surface area contributed by atoms with Crippen molar-refractivity contribution in [2.45, 2.75) is 12.3 Å². The Hall–Kier alpha value is -6.91. The minimum Gasteiger partial charge on any atom is -0.295 e. The molecule has 4 nitrogen and oxygen atoms in total. The smallest absolute Gasteiger partial charge is 0.160 e. The van der Waals surface area contributed by atoms with Gasteiger partial charge >= 0.3 is 0 Å². The lowest BCUT2D eigenvalue weighted by atomic mass is 9.73. The summed E-state index contributed by atoms with van der Waals surface area (Å²) < 4.78 is 2.38. The molecule has 3 heterocycles. The summed E-state index contributed by atoms with van der Waals surface area (Å²) in [6, 6.07) is 53.9. The van der Waals surface area contributed by atoms with Gasteiger partial charge in [-0.25, -0.2) is 15.0 Å². The molecule has 0 saturated heterocycles. The lowest BCUT2D eigenvalue weighted by molar-refractivity contribution is 0.738. The summed E-state index contributed by atoms with van der Waals surface area (Å²) in [5, 5.41) is 0. The topological polar surface area (TPSA) is 43.6 Å². The molecule has 2 aliphatic rings. The van der Waals surface area contributed by atoms with Gasteiger partial charge in [-0.15, -0.1) is 0 Å². The molecule has 53 heavy (non-hydrogen) atoms. The average Bonchev–Trinajstić information content (AvgIpc) is 3.85. The second kappa shape index (κ2) is 12.1. The molecule has 0 atom stereocenters. The molecule has 1 aliphatic heterocycles. The minimum absolute atomic E-state index is 0.493. The van der Waals surface area contributed by atoms with Gasteiger partial charge in [-0.1, -0.05) is 152 Å². The van der Waals surface area contributed by atoms with E-state index in [1.807, 2.05) is 55.5 Å². The monoisotopic (exact) mass is 678 g/mol. The first-order chi connectivity index (χ1) is 26.2. The maximum absolute atomic E-state index is 5.53. The van der Waals surface area contributed by atoms with Gasteiger partial charge in [0.05, 0.1) is 28.1 Å². The second-order valence-electron chi connectivity index (χ2n) is 13.6. The molecule has 4 heteroatoms. The fourth-order valence-corrected chi connectivity index (χ4v) is 8.40. The van der Waals surface area contributed by atoms with Crippen LogP contribution in [0.3, 0.4) is 0 Å². The molecule has 2 aromatic heterocycles. The largest absolute Gasteiger partial charge is 0.295 e. The van der Waals surface area contributed by atoms with E-state index in [1.165, 1.54) is 33.5 Å². The Balaban J connectivity index is 1.12. The molecule has 6 aromatic carbocycles. The highest BCUT2D eigenvalue weighted by Crippen LogP contribution is 2.60. The van der Waals surface area contributed by atoms with Crippen LogP contribution in [0.15, 0.2) is 183 Å². The Kier molecular flexibility index (Phi) is 7.05. The van der Waals surface area contributed by atoms with Crippen LogP contribution in [-0.4, -0.2) is 19.5 Å². The molecule has 0 N–H and O–H groups in total. The van der Waals surface area contributed by atoms with Crippen LogP contribution in [0, 0.1) is 0 Å². The van der Waals surface area contributed by atoms with Crippen LogP contribution >= 0.6 is 0 Å². The molecular weight excluding hydrogens is 645 g/mol. The summed E-state index contributed by atoms with van der Waals surface area (Å²) in [7, 11) is 0. The number of benzene rings is 6. The molecular formula is C49H34N4. The van der Waals surface area contributed by atoms with Crippen molar-refractivity contribution in [3.8, 4) is 50.6 Å². The van der Waals surface area contributed by atoms with Crippen LogP contribution in [-0.2, 0) is 5.41 Å². The molecule has 0 amide bonds. The normalized spacial score (nSPS) is 13.6. The van der Waals surface area contributed by atoms with E-state index in [0.29, 0.717) is 5.82 Å². The Bertz CT molecular complexity index is 2770. The fourth-order valence-electron chi connectivity index (χ4n) is 8.40. The number of fused-ring (bicyclic) bond motifs is 12. The minimum atomic E-state index is -0.493. The van der Waals surface area contributed by atoms with Crippen molar-refractivity contribution in [1.29, 1.82) is 0 Å². The third-order valence-corrected chi connectivity index (χ3v) is 10.7. The van der Waals surface area contributed by atoms with E-state index in [2.05, 4.69) is 139 Å². The average molecular weight is 679 g/mol. The first-order valence-corrected chi connectivity index (χ1v) is 18.0. The van der Waals surface area contributed by atoms with Crippen LogP contribution in [0.25, 0.3) is 67.2 Å². The zero-order valence-electron chi connectivity index (χ0n) is 29.2. The van der Waals surface area contributed by atoms with Crippen molar-refractivity contribution in [3.63, 3.8) is 0 Å². The Morgan fingerprint density at radius 2 is 1.26 bits per heavy atom. The zero-order valence-corrected chi connectivity index (χ0v) is 29.2. The third kappa shape index (κ3) is 4.59. The molecule has 10 rings (SSSR count). The maximum Gasteiger partial charge on any atom is 0.160 e. The third-order valence-electron chi connectivity index (χ3n) is 10.7. The van der Waals surface area contributed by atoms with Crippen LogP contribution in [0.1, 0.15) is 35.1 Å². The van der Waals surface area contributed by atoms with Gasteiger partial charge in [0, 0.05) is 11.1 Å². The number of nitrogens with zero attached hydrogens (tertiary/aromatic N) is 4. The van der Waals surface area contributed by atoms with Crippen molar-refractivity contribution in [3.05, 3.63) is 211 Å². The van der Waals surface area contributed by atoms with E-state index in [-0.39, 0.29) is 0 Å². The molecule has 1 aliphatic carbocycles. The summed E-state index contributed by atoms with van der Waals surface area (Å²) in [6.45, 7) is 6.08. The predicted octanol–water partition coefficient (Wildman–Crippen LogP) is 11.6. The van der Waals surface area contributed by atoms with Crippen LogP contribution in [0.5, 0.6) is 0 Å². The van der Waals surface area contributed by atoms with Gasteiger partial charge in [-0.3, -0.25) is 4.57 Å². The van der Waals surface area contributed by atoms with E-state index in [1.54, 1.807) is 0 Å². The summed E-state index contributed by atoms with van der Waals surface area (Å²) in [6.07, 6.45) is 7.89. The maximum atomic E-state index is 5.53. The van der Waals surface area contributed by atoms with Crippen LogP contribution in [0.2, 0.25) is 0 Å². The van der Waals surface area contributed by atoms with E-state index >= 15 is 0 Å². The molecule has 0 bridgehead atoms. The van der Waals surface area contributed by atoms with Gasteiger partial charge in [-0.05, 0) is 81.8 Å². The molecule has 0 radical (unpaired) electrons. The van der Waals surface area contributed by atoms with Gasteiger partial charge in [0.1, 0.15) is 11.2 Å². The number of para-hydroxylation sites is 1. The fraction of sp³-hybridized carbons (Fsp3) is 0.0408. The van der Waals surface area contributed by atoms with E-state index in [9.17, 15) is 0 Å². The number of hydrogen-bond acceptors (Lipinski definition) is 3. The Morgan fingerprint density at radius 3 is 2.02 bits per heavy atom. The number of imidazole rings is 1. The molecule has 0 unspecified atom stereocenters. The predicted molar refractivity (Wildman–Crippen MR) is 217 cm³/mol. The zero-order chi connectivity index (χ0) is 35.5. The van der Waals surface area contributed by atoms with Crippen molar-refractivity contribution >= 4 is 16.6 Å². The summed E-state index contributed by atoms with van der Waals surface area (Å²) in [5.41, 5.74) is 15.9. The number of aromatic nitrogens is 4. The lowest BCUT2D eigenvalue weighted by Crippen LogP contribution is -2.27. The molecule has 1 spiro atoms. The number of hydrogen-bond donors (Lipinski definition) is 0. The van der Waals surface area contributed by atoms with E-state index in [0.717, 1.165) is 56.1 Å². The summed E-state index contributed by atoms with van der Waals surface area (Å²) in [5.74, 6) is 1.70. The van der Waals surface area contributed by atoms with Crippen molar-refractivity contribution in [2.24, 2.45) is 0 Å². The lowest BCUT2D eigenvalue weighted by Gasteiger charge is -2.27. The van der Waals surface area contributed by atoms with Gasteiger partial charge < -0.3 is 0 Å². The quantitative estimate of drug-likeness (QED) is 0.164. The Morgan fingerprint density at radius 1 is 0.604 bits per heavy atom. The molecule has 0 saturated carbocycles. The van der Waals surface area contributed by atoms with Crippen molar-refractivity contribution in [2.75, 3.05) is 0 Å². The SMILES string of the molecule is C=C/C(=C\C=C/C)c1cc(-c2ccccc2)nc(-c2cccc(-c3ccc4c(c3)nc3n4-c4ccccc4C34c3ccccc3-c3ccccc34)c2)n1. The Labute approximate surface area is 308 Å². The summed E-state index contributed by atoms with van der Waals surface area (Å²) >= 11 is 0. The van der Waals surface area contributed by atoms with Crippen LogP contribution in [0.4, 0.5) is 0 Å². The first kappa shape index (κ1) is 30.9. The number of allylic oxidation sites excluding steroid dienone is 5. The standard InChI is InChI=1S/C49H34N4/c1-3-5-16-32(4-2)42-31-43(33-17-7-6-8-18-33)51-47(50-42)36-20-15-19-34(29-36)35-27-28-46-44(30-35)52-48-49(41-25-13-14-26-45(41)53(46)48)39-23-11-9-21-37(39)38-22-10-12-24-40(38)49/h3-31H,2H2,1H3/b5-3-,32-16+. The molecule has 8 aromatic rings. The number of rotatable bonds is 6. The van der Waals surface area contributed by atoms with Gasteiger partial charge in [0.25, 0.3) is 0 Å². The summed E-state index contributed by atoms with van der Waals surface area (Å²) in [4.78, 5) is 15.7. The van der Waals surface area contributed by atoms with E-state index in [4.69, 9.17) is 15.0 Å². The van der Waals surface area contributed by atoms with Crippen LogP contribution < -0.4 is 0 Å². The molecule has 250 valence electrons. The van der Waals surface area contributed by atoms with Crippen molar-refractivity contribution in [1.82, 2.24) is 19.5 Å². The van der Waals surface area contributed by atoms with Crippen molar-refractivity contribution < 1.29 is 0 Å². The highest BCUT2D eigenvalue weighted by Gasteiger charge is 2.54. The molecule has 0 fully saturated rings. The van der Waals surface area contributed by atoms with Gasteiger partial charge in [-0.2, -0.15) is 0 Å².